The van der Waals surface area contributed by atoms with Crippen LogP contribution in [0.25, 0.3) is 11.0 Å². The Morgan fingerprint density at radius 1 is 1.15 bits per heavy atom. The van der Waals surface area contributed by atoms with Gasteiger partial charge < -0.3 is 19.9 Å². The van der Waals surface area contributed by atoms with Gasteiger partial charge in [-0.05, 0) is 36.4 Å². The molecule has 0 aliphatic carbocycles. The number of carboxylic acid groups (broad SMARTS) is 1. The number of nitrogens with zero attached hydrogens (tertiary/aromatic N) is 5. The maximum absolute atomic E-state index is 13.9. The Hall–Kier alpha value is -4.98. The lowest BCUT2D eigenvalue weighted by Crippen LogP contribution is -2.48. The third-order valence-electron chi connectivity index (χ3n) is 7.32. The minimum absolute atomic E-state index is 0.0833. The number of imide groups is 1. The van der Waals surface area contributed by atoms with Crippen molar-refractivity contribution in [1.82, 2.24) is 20.7 Å². The molecule has 4 atom stereocenters. The molecule has 2 fully saturated rings. The van der Waals surface area contributed by atoms with Gasteiger partial charge in [0.1, 0.15) is 28.1 Å². The number of anilines is 1. The van der Waals surface area contributed by atoms with Crippen LogP contribution in [-0.2, 0) is 23.9 Å². The lowest BCUT2D eigenvalue weighted by atomic mass is 9.77. The first-order valence-corrected chi connectivity index (χ1v) is 12.4. The second kappa shape index (κ2) is 9.64. The molecule has 3 aromatic rings. The molecule has 6 rings (SSSR count). The summed E-state index contributed by atoms with van der Waals surface area (Å²) < 4.78 is 11.2. The van der Waals surface area contributed by atoms with Crippen molar-refractivity contribution in [2.45, 2.75) is 24.5 Å². The van der Waals surface area contributed by atoms with Crippen LogP contribution >= 0.6 is 0 Å². The Labute approximate surface area is 226 Å². The zero-order valence-electron chi connectivity index (χ0n) is 21.1. The first-order valence-electron chi connectivity index (χ1n) is 12.4. The van der Waals surface area contributed by atoms with Crippen LogP contribution in [0.3, 0.4) is 0 Å². The van der Waals surface area contributed by atoms with E-state index in [4.69, 9.17) is 14.6 Å². The quantitative estimate of drug-likeness (QED) is 0.206. The van der Waals surface area contributed by atoms with E-state index in [2.05, 4.69) is 31.0 Å². The van der Waals surface area contributed by atoms with Crippen molar-refractivity contribution in [1.29, 1.82) is 0 Å². The van der Waals surface area contributed by atoms with E-state index in [9.17, 15) is 19.2 Å². The SMILES string of the molecule is COc1ccc(/N=N/c2c(N3C(=O)C4C5C=CC(CNC(=O)CCC(=O)O)(O5)C4C3=O)ccc3nn[nH]c23)cc1. The lowest BCUT2D eigenvalue weighted by Gasteiger charge is -2.29. The number of nitrogens with one attached hydrogen (secondary N) is 2. The number of carbonyl (C=O) groups is 4. The first kappa shape index (κ1) is 25.3. The van der Waals surface area contributed by atoms with Gasteiger partial charge in [-0.1, -0.05) is 17.4 Å². The highest BCUT2D eigenvalue weighted by molar-refractivity contribution is 6.25. The number of azo groups is 1. The minimum atomic E-state index is -1.24. The molecule has 40 heavy (non-hydrogen) atoms. The second-order valence-corrected chi connectivity index (χ2v) is 9.62. The van der Waals surface area contributed by atoms with E-state index in [-0.39, 0.29) is 30.8 Å². The summed E-state index contributed by atoms with van der Waals surface area (Å²) in [6.07, 6.45) is 2.22. The van der Waals surface area contributed by atoms with Gasteiger partial charge in [0.25, 0.3) is 0 Å². The van der Waals surface area contributed by atoms with Gasteiger partial charge in [-0.25, -0.2) is 4.90 Å². The highest BCUT2D eigenvalue weighted by Crippen LogP contribution is 2.53. The van der Waals surface area contributed by atoms with Crippen molar-refractivity contribution in [3.8, 4) is 5.75 Å². The summed E-state index contributed by atoms with van der Waals surface area (Å²) >= 11 is 0. The number of carbonyl (C=O) groups excluding carboxylic acids is 3. The molecule has 0 spiro atoms. The first-order chi connectivity index (χ1) is 19.3. The van der Waals surface area contributed by atoms with Crippen molar-refractivity contribution in [2.75, 3.05) is 18.6 Å². The van der Waals surface area contributed by atoms with Gasteiger partial charge in [-0.15, -0.1) is 10.2 Å². The number of methoxy groups -OCH3 is 1. The number of amides is 3. The third kappa shape index (κ3) is 4.09. The molecular weight excluding hydrogens is 522 g/mol. The van der Waals surface area contributed by atoms with Crippen molar-refractivity contribution < 1.29 is 33.8 Å². The number of hydrogen-bond acceptors (Lipinski definition) is 10. The fourth-order valence-corrected chi connectivity index (χ4v) is 5.42. The number of benzene rings is 2. The molecule has 1 aromatic heterocycles. The van der Waals surface area contributed by atoms with Crippen LogP contribution in [0, 0.1) is 11.8 Å². The lowest BCUT2D eigenvalue weighted by molar-refractivity contribution is -0.139. The highest BCUT2D eigenvalue weighted by atomic mass is 16.5. The molecule has 4 unspecified atom stereocenters. The van der Waals surface area contributed by atoms with Gasteiger partial charge in [-0.2, -0.15) is 5.11 Å². The van der Waals surface area contributed by atoms with Gasteiger partial charge in [-0.3, -0.25) is 24.3 Å². The molecule has 3 aliphatic rings. The molecule has 3 N–H and O–H groups in total. The molecule has 0 radical (unpaired) electrons. The van der Waals surface area contributed by atoms with E-state index < -0.39 is 47.2 Å². The third-order valence-corrected chi connectivity index (χ3v) is 7.32. The summed E-state index contributed by atoms with van der Waals surface area (Å²) in [4.78, 5) is 51.7. The predicted molar refractivity (Wildman–Crippen MR) is 137 cm³/mol. The van der Waals surface area contributed by atoms with Crippen LogP contribution in [0.4, 0.5) is 17.1 Å². The summed E-state index contributed by atoms with van der Waals surface area (Å²) in [6.45, 7) is -0.0833. The molecule has 2 aromatic carbocycles. The number of aromatic amines is 1. The van der Waals surface area contributed by atoms with E-state index in [1.807, 2.05) is 0 Å². The maximum atomic E-state index is 13.9. The number of carboxylic acids is 1. The van der Waals surface area contributed by atoms with E-state index in [1.54, 1.807) is 55.7 Å². The second-order valence-electron chi connectivity index (χ2n) is 9.62. The van der Waals surface area contributed by atoms with Gasteiger partial charge in [0, 0.05) is 6.42 Å². The van der Waals surface area contributed by atoms with E-state index in [1.165, 1.54) is 0 Å². The Bertz CT molecular complexity index is 1600. The van der Waals surface area contributed by atoms with Crippen LogP contribution in [0.2, 0.25) is 0 Å². The van der Waals surface area contributed by atoms with Crippen LogP contribution in [0.1, 0.15) is 12.8 Å². The smallest absolute Gasteiger partial charge is 0.303 e. The van der Waals surface area contributed by atoms with Crippen LogP contribution in [0.15, 0.2) is 58.8 Å². The standard InChI is InChI=1S/C26H23N7O7/c1-39-14-4-2-13(3-5-14)28-30-23-16(7-6-15-22(23)31-32-29-15)33-24(37)20-17-10-11-26(40-17,21(20)25(33)38)12-27-18(34)8-9-19(35)36/h2-7,10-11,17,20-21H,8-9,12H2,1H3,(H,27,34)(H,35,36)(H,29,31,32)/b30-28+. The highest BCUT2D eigenvalue weighted by Gasteiger charge is 2.68. The predicted octanol–water partition coefficient (Wildman–Crippen LogP) is 2.18. The minimum Gasteiger partial charge on any atom is -0.497 e. The zero-order valence-corrected chi connectivity index (χ0v) is 21.1. The van der Waals surface area contributed by atoms with Crippen LogP contribution in [0.5, 0.6) is 5.75 Å². The monoisotopic (exact) mass is 545 g/mol. The average Bonchev–Trinajstić information content (AvgIpc) is 3.72. The van der Waals surface area contributed by atoms with Crippen LogP contribution < -0.4 is 15.0 Å². The van der Waals surface area contributed by atoms with E-state index >= 15 is 0 Å². The van der Waals surface area contributed by atoms with Crippen molar-refractivity contribution >= 4 is 51.8 Å². The Morgan fingerprint density at radius 2 is 1.95 bits per heavy atom. The molecule has 3 aliphatic heterocycles. The topological polar surface area (TPSA) is 189 Å². The molecule has 14 nitrogen and oxygen atoms in total. The Kier molecular flexibility index (Phi) is 6.10. The van der Waals surface area contributed by atoms with Crippen LogP contribution in [-0.4, -0.2) is 69.6 Å². The molecule has 14 heteroatoms. The van der Waals surface area contributed by atoms with Gasteiger partial charge >= 0.3 is 5.97 Å². The number of hydrogen-bond donors (Lipinski definition) is 3. The number of aromatic nitrogens is 3. The number of rotatable bonds is 9. The number of fused-ring (bicyclic) bond motifs is 6. The van der Waals surface area contributed by atoms with Crippen molar-refractivity contribution in [3.63, 3.8) is 0 Å². The Balaban J connectivity index is 1.32. The number of H-pyrrole nitrogens is 1. The summed E-state index contributed by atoms with van der Waals surface area (Å²) in [6, 6.07) is 10.1. The number of aliphatic carboxylic acids is 1. The average molecular weight is 546 g/mol. The largest absolute Gasteiger partial charge is 0.497 e. The van der Waals surface area contributed by atoms with Gasteiger partial charge in [0.15, 0.2) is 0 Å². The van der Waals surface area contributed by atoms with E-state index in [0.29, 0.717) is 22.5 Å². The summed E-state index contributed by atoms with van der Waals surface area (Å²) in [7, 11) is 1.55. The molecule has 3 amide bonds. The number of ether oxygens (including phenoxy) is 2. The molecular formula is C26H23N7O7. The van der Waals surface area contributed by atoms with E-state index in [0.717, 1.165) is 4.90 Å². The fraction of sp³-hybridized carbons (Fsp3) is 0.308. The molecule has 2 saturated heterocycles. The fourth-order valence-electron chi connectivity index (χ4n) is 5.42. The molecule has 0 saturated carbocycles. The normalized spacial score (nSPS) is 24.8. The van der Waals surface area contributed by atoms with Crippen molar-refractivity contribution in [2.24, 2.45) is 22.1 Å². The molecule has 2 bridgehead atoms. The summed E-state index contributed by atoms with van der Waals surface area (Å²) in [5.41, 5.74) is 0.556. The molecule has 204 valence electrons. The Morgan fingerprint density at radius 3 is 2.70 bits per heavy atom. The molecule has 4 heterocycles. The van der Waals surface area contributed by atoms with Gasteiger partial charge in [0.2, 0.25) is 17.7 Å². The zero-order chi connectivity index (χ0) is 28.0. The summed E-state index contributed by atoms with van der Waals surface area (Å²) in [5.74, 6) is -3.59. The summed E-state index contributed by atoms with van der Waals surface area (Å²) in [5, 5.41) is 30.8. The van der Waals surface area contributed by atoms with Gasteiger partial charge in [0.05, 0.1) is 49.4 Å². The maximum Gasteiger partial charge on any atom is 0.303 e. The van der Waals surface area contributed by atoms with Crippen molar-refractivity contribution in [3.05, 3.63) is 48.6 Å².